The van der Waals surface area contributed by atoms with E-state index in [1.54, 1.807) is 0 Å². The van der Waals surface area contributed by atoms with E-state index in [2.05, 4.69) is 10.3 Å². The van der Waals surface area contributed by atoms with Gasteiger partial charge >= 0.3 is 12.1 Å². The molecule has 0 fully saturated rings. The molecule has 0 spiro atoms. The Hall–Kier alpha value is 0.240. The number of aryl methyl sites for hydroxylation is 1. The lowest BCUT2D eigenvalue weighted by Gasteiger charge is -2.28. The van der Waals surface area contributed by atoms with Crippen molar-refractivity contribution >= 4 is 58.0 Å². The molecule has 0 amide bonds. The van der Waals surface area contributed by atoms with E-state index in [1.807, 2.05) is 0 Å². The van der Waals surface area contributed by atoms with E-state index < -0.39 is 31.6 Å². The van der Waals surface area contributed by atoms with E-state index >= 15 is 0 Å². The van der Waals surface area contributed by atoms with Crippen molar-refractivity contribution in [3.63, 3.8) is 0 Å². The van der Waals surface area contributed by atoms with Crippen LogP contribution in [0, 0.1) is 0 Å². The molecule has 3 nitrogen and oxygen atoms in total. The summed E-state index contributed by atoms with van der Waals surface area (Å²) < 4.78 is 59.0. The molecule has 0 aromatic carbocycles. The number of hydrogen-bond donors (Lipinski definition) is 0. The van der Waals surface area contributed by atoms with E-state index in [0.29, 0.717) is 0 Å². The minimum atomic E-state index is -5.94. The molecule has 1 rings (SSSR count). The van der Waals surface area contributed by atoms with Crippen molar-refractivity contribution in [3.05, 3.63) is 11.4 Å². The molecule has 0 radical (unpaired) electrons. The van der Waals surface area contributed by atoms with Crippen LogP contribution in [0.25, 0.3) is 0 Å². The molecular formula is C7H3Cl5F5N3. The topological polar surface area (TPSA) is 30.7 Å². The third-order valence-electron chi connectivity index (χ3n) is 2.13. The summed E-state index contributed by atoms with van der Waals surface area (Å²) in [5.74, 6) is -5.34. The fourth-order valence-corrected chi connectivity index (χ4v) is 1.71. The summed E-state index contributed by atoms with van der Waals surface area (Å²) >= 11 is 27.2. The predicted octanol–water partition coefficient (Wildman–Crippen LogP) is 4.47. The summed E-state index contributed by atoms with van der Waals surface area (Å²) in [6.45, 7) is 0. The fourth-order valence-electron chi connectivity index (χ4n) is 1.19. The molecule has 0 saturated carbocycles. The van der Waals surface area contributed by atoms with E-state index in [1.165, 1.54) is 0 Å². The van der Waals surface area contributed by atoms with Crippen LogP contribution < -0.4 is 0 Å². The lowest BCUT2D eigenvalue weighted by atomic mass is 10.1. The Morgan fingerprint density at radius 3 is 1.75 bits per heavy atom. The van der Waals surface area contributed by atoms with Gasteiger partial charge in [-0.05, 0) is 0 Å². The fraction of sp³-hybridized carbons (Fsp3) is 0.714. The van der Waals surface area contributed by atoms with Crippen LogP contribution in [0.3, 0.4) is 0 Å². The van der Waals surface area contributed by atoms with Gasteiger partial charge < -0.3 is 0 Å². The van der Waals surface area contributed by atoms with Crippen LogP contribution in [0.2, 0.25) is 0 Å². The first-order valence-corrected chi connectivity index (χ1v) is 6.32. The van der Waals surface area contributed by atoms with Gasteiger partial charge in [-0.2, -0.15) is 22.0 Å². The lowest BCUT2D eigenvalue weighted by molar-refractivity contribution is -0.292. The summed E-state index contributed by atoms with van der Waals surface area (Å²) in [5.41, 5.74) is -2.92. The van der Waals surface area contributed by atoms with Crippen molar-refractivity contribution in [2.75, 3.05) is 0 Å². The minimum Gasteiger partial charge on any atom is -0.246 e. The zero-order valence-electron chi connectivity index (χ0n) is 9.12. The third kappa shape index (κ3) is 2.90. The third-order valence-corrected chi connectivity index (χ3v) is 4.49. The Labute approximate surface area is 133 Å². The number of rotatable bonds is 2. The van der Waals surface area contributed by atoms with Gasteiger partial charge in [0.15, 0.2) is 0 Å². The molecule has 0 aliphatic heterocycles. The van der Waals surface area contributed by atoms with Crippen molar-refractivity contribution in [1.82, 2.24) is 15.0 Å². The highest BCUT2D eigenvalue weighted by Crippen LogP contribution is 2.55. The second-order valence-electron chi connectivity index (χ2n) is 3.55. The molecule has 1 aromatic rings. The smallest absolute Gasteiger partial charge is 0.246 e. The molecule has 20 heavy (non-hydrogen) atoms. The normalized spacial score (nSPS) is 14.8. The van der Waals surface area contributed by atoms with Crippen LogP contribution >= 0.6 is 58.0 Å². The summed E-state index contributed by atoms with van der Waals surface area (Å²) in [5, 5.41) is 6.07. The number of aromatic nitrogens is 3. The highest BCUT2D eigenvalue weighted by atomic mass is 35.6. The Bertz CT molecular complexity index is 506. The lowest BCUT2D eigenvalue weighted by Crippen LogP contribution is -2.39. The predicted molar refractivity (Wildman–Crippen MR) is 64.6 cm³/mol. The quantitative estimate of drug-likeness (QED) is 0.541. The van der Waals surface area contributed by atoms with Crippen LogP contribution in [0.15, 0.2) is 0 Å². The summed E-state index contributed by atoms with van der Waals surface area (Å²) in [6, 6.07) is 0. The molecule has 116 valence electrons. The first-order valence-electron chi connectivity index (χ1n) is 4.43. The second kappa shape index (κ2) is 5.15. The highest BCUT2D eigenvalue weighted by molar-refractivity contribution is 6.75. The van der Waals surface area contributed by atoms with Crippen LogP contribution in [0.4, 0.5) is 22.0 Å². The first-order chi connectivity index (χ1) is 8.64. The SMILES string of the molecule is Cn1nnc(C(Cl)(Cl)C(Cl)(Cl)Cl)c1C(F)(F)C(F)(F)F. The molecule has 0 atom stereocenters. The molecule has 13 heteroatoms. The average molecular weight is 401 g/mol. The summed E-state index contributed by atoms with van der Waals surface area (Å²) in [4.78, 5) is 0. The Kier molecular flexibility index (Phi) is 4.71. The van der Waals surface area contributed by atoms with Crippen LogP contribution in [-0.2, 0) is 17.3 Å². The number of halogens is 10. The van der Waals surface area contributed by atoms with Gasteiger partial charge in [-0.1, -0.05) is 63.2 Å². The van der Waals surface area contributed by atoms with Gasteiger partial charge in [0.25, 0.3) is 0 Å². The Morgan fingerprint density at radius 2 is 1.40 bits per heavy atom. The van der Waals surface area contributed by atoms with Gasteiger partial charge in [0.05, 0.1) is 0 Å². The highest BCUT2D eigenvalue weighted by Gasteiger charge is 2.65. The average Bonchev–Trinajstić information content (AvgIpc) is 2.57. The van der Waals surface area contributed by atoms with Gasteiger partial charge in [-0.3, -0.25) is 0 Å². The molecule has 0 N–H and O–H groups in total. The van der Waals surface area contributed by atoms with Gasteiger partial charge in [0.1, 0.15) is 11.4 Å². The van der Waals surface area contributed by atoms with Crippen LogP contribution in [-0.4, -0.2) is 25.0 Å². The van der Waals surface area contributed by atoms with E-state index in [-0.39, 0.29) is 4.68 Å². The van der Waals surface area contributed by atoms with E-state index in [0.717, 1.165) is 7.05 Å². The monoisotopic (exact) mass is 399 g/mol. The largest absolute Gasteiger partial charge is 0.459 e. The van der Waals surface area contributed by atoms with Crippen molar-refractivity contribution in [3.8, 4) is 0 Å². The Balaban J connectivity index is 3.58. The van der Waals surface area contributed by atoms with Crippen molar-refractivity contribution in [1.29, 1.82) is 0 Å². The molecule has 1 heterocycles. The zero-order valence-corrected chi connectivity index (χ0v) is 12.9. The summed E-state index contributed by atoms with van der Waals surface area (Å²) in [6.07, 6.45) is -5.94. The van der Waals surface area contributed by atoms with Crippen molar-refractivity contribution in [2.24, 2.45) is 7.05 Å². The zero-order chi connectivity index (χ0) is 16.1. The summed E-state index contributed by atoms with van der Waals surface area (Å²) in [7, 11) is 0.785. The number of alkyl halides is 10. The molecule has 0 bridgehead atoms. The van der Waals surface area contributed by atoms with Gasteiger partial charge in [0, 0.05) is 7.05 Å². The maximum Gasteiger partial charge on any atom is 0.459 e. The van der Waals surface area contributed by atoms with Gasteiger partial charge in [-0.15, -0.1) is 5.10 Å². The van der Waals surface area contributed by atoms with Crippen molar-refractivity contribution < 1.29 is 22.0 Å². The maximum atomic E-state index is 13.5. The van der Waals surface area contributed by atoms with E-state index in [9.17, 15) is 22.0 Å². The Morgan fingerprint density at radius 1 is 0.950 bits per heavy atom. The second-order valence-corrected chi connectivity index (χ2v) is 7.16. The molecular weight excluding hydrogens is 398 g/mol. The first kappa shape index (κ1) is 18.3. The number of hydrogen-bond acceptors (Lipinski definition) is 2. The van der Waals surface area contributed by atoms with Gasteiger partial charge in [0.2, 0.25) is 8.13 Å². The minimum absolute atomic E-state index is 0.152. The molecule has 0 aliphatic rings. The molecule has 0 aliphatic carbocycles. The van der Waals surface area contributed by atoms with Crippen LogP contribution in [0.1, 0.15) is 11.4 Å². The maximum absolute atomic E-state index is 13.5. The van der Waals surface area contributed by atoms with E-state index in [4.69, 9.17) is 58.0 Å². The van der Waals surface area contributed by atoms with Crippen molar-refractivity contribution in [2.45, 2.75) is 20.2 Å². The number of nitrogens with zero attached hydrogens (tertiary/aromatic N) is 3. The molecule has 1 aromatic heterocycles. The standard InChI is InChI=1S/C7H3Cl5F5N3/c1-20-3(5(13,14)7(15,16)17)2(18-19-20)4(8,9)6(10,11)12/h1H3. The molecule has 0 saturated heterocycles. The van der Waals surface area contributed by atoms with Gasteiger partial charge in [-0.25, -0.2) is 4.68 Å². The molecule has 0 unspecified atom stereocenters. The van der Waals surface area contributed by atoms with Crippen LogP contribution in [0.5, 0.6) is 0 Å².